The van der Waals surface area contributed by atoms with Crippen LogP contribution < -0.4 is 10.7 Å². The zero-order chi connectivity index (χ0) is 16.8. The van der Waals surface area contributed by atoms with Crippen LogP contribution in [0.3, 0.4) is 0 Å². The van der Waals surface area contributed by atoms with Gasteiger partial charge in [-0.25, -0.2) is 8.78 Å². The topological polar surface area (TPSA) is 79.6 Å². The third-order valence-electron chi connectivity index (χ3n) is 2.68. The van der Waals surface area contributed by atoms with E-state index in [1.807, 2.05) is 0 Å². The van der Waals surface area contributed by atoms with E-state index in [-0.39, 0.29) is 22.1 Å². The molecule has 2 aromatic carbocycles. The Morgan fingerprint density at radius 1 is 1.26 bits per heavy atom. The number of nitro groups is 1. The fourth-order valence-electron chi connectivity index (χ4n) is 1.66. The summed E-state index contributed by atoms with van der Waals surface area (Å²) < 4.78 is 26.1. The highest BCUT2D eigenvalue weighted by molar-refractivity contribution is 7.80. The average Bonchev–Trinajstić information content (AvgIpc) is 2.50. The predicted octanol–water partition coefficient (Wildman–Crippen LogP) is 3.19. The molecule has 6 nitrogen and oxygen atoms in total. The number of hydrazone groups is 1. The molecule has 0 unspecified atom stereocenters. The van der Waals surface area contributed by atoms with E-state index in [1.165, 1.54) is 24.3 Å². The Hall–Kier alpha value is -2.94. The lowest BCUT2D eigenvalue weighted by Crippen LogP contribution is -2.24. The van der Waals surface area contributed by atoms with Gasteiger partial charge in [0.25, 0.3) is 5.69 Å². The number of nitrogens with one attached hydrogen (secondary N) is 2. The minimum absolute atomic E-state index is 0.0157. The minimum Gasteiger partial charge on any atom is -0.326 e. The van der Waals surface area contributed by atoms with E-state index in [0.29, 0.717) is 0 Å². The lowest BCUT2D eigenvalue weighted by molar-refractivity contribution is -0.383. The molecule has 0 bridgehead atoms. The van der Waals surface area contributed by atoms with Crippen molar-refractivity contribution in [2.45, 2.75) is 0 Å². The van der Waals surface area contributed by atoms with Crippen LogP contribution in [0.4, 0.5) is 20.2 Å². The lowest BCUT2D eigenvalue weighted by Gasteiger charge is -2.07. The van der Waals surface area contributed by atoms with Gasteiger partial charge >= 0.3 is 0 Å². The molecule has 0 atom stereocenters. The van der Waals surface area contributed by atoms with E-state index in [0.717, 1.165) is 18.3 Å². The highest BCUT2D eigenvalue weighted by atomic mass is 32.1. The molecule has 9 heteroatoms. The van der Waals surface area contributed by atoms with E-state index in [4.69, 9.17) is 12.2 Å². The lowest BCUT2D eigenvalue weighted by atomic mass is 10.2. The second-order valence-corrected chi connectivity index (χ2v) is 4.67. The van der Waals surface area contributed by atoms with Crippen molar-refractivity contribution < 1.29 is 13.7 Å². The van der Waals surface area contributed by atoms with Gasteiger partial charge in [-0.15, -0.1) is 0 Å². The number of para-hydroxylation sites is 2. The van der Waals surface area contributed by atoms with Gasteiger partial charge in [0.15, 0.2) is 5.11 Å². The van der Waals surface area contributed by atoms with Crippen LogP contribution in [-0.4, -0.2) is 16.3 Å². The number of benzene rings is 2. The molecule has 2 rings (SSSR count). The van der Waals surface area contributed by atoms with Gasteiger partial charge in [-0.2, -0.15) is 5.10 Å². The Bertz CT molecular complexity index is 783. The number of rotatable bonds is 4. The van der Waals surface area contributed by atoms with Gasteiger partial charge in [-0.05, 0) is 30.4 Å². The summed E-state index contributed by atoms with van der Waals surface area (Å²) in [7, 11) is 0. The number of nitro benzene ring substituents is 1. The molecule has 0 spiro atoms. The SMILES string of the molecule is O=[N+]([O-])c1ccccc1NC(=S)N/N=C\c1ccc(F)cc1F. The van der Waals surface area contributed by atoms with Gasteiger partial charge in [0, 0.05) is 17.7 Å². The van der Waals surface area contributed by atoms with Crippen molar-refractivity contribution in [3.8, 4) is 0 Å². The van der Waals surface area contributed by atoms with Gasteiger partial charge in [0.05, 0.1) is 11.1 Å². The third kappa shape index (κ3) is 4.51. The van der Waals surface area contributed by atoms with Gasteiger partial charge in [-0.3, -0.25) is 15.5 Å². The molecule has 0 aliphatic heterocycles. The zero-order valence-electron chi connectivity index (χ0n) is 11.5. The van der Waals surface area contributed by atoms with Gasteiger partial charge in [0.2, 0.25) is 0 Å². The summed E-state index contributed by atoms with van der Waals surface area (Å²) in [4.78, 5) is 10.3. The highest BCUT2D eigenvalue weighted by Gasteiger charge is 2.12. The fraction of sp³-hybridized carbons (Fsp3) is 0. The number of thiocarbonyl (C=S) groups is 1. The van der Waals surface area contributed by atoms with E-state index in [2.05, 4.69) is 15.8 Å². The number of nitrogens with zero attached hydrogens (tertiary/aromatic N) is 2. The van der Waals surface area contributed by atoms with Crippen LogP contribution in [0.15, 0.2) is 47.6 Å². The van der Waals surface area contributed by atoms with Crippen LogP contribution in [0.5, 0.6) is 0 Å². The van der Waals surface area contributed by atoms with E-state index in [9.17, 15) is 18.9 Å². The van der Waals surface area contributed by atoms with Gasteiger partial charge in [0.1, 0.15) is 17.3 Å². The molecule has 0 amide bonds. The molecule has 118 valence electrons. The summed E-state index contributed by atoms with van der Waals surface area (Å²) in [5.74, 6) is -1.46. The van der Waals surface area contributed by atoms with Crippen LogP contribution in [0.2, 0.25) is 0 Å². The van der Waals surface area contributed by atoms with Crippen molar-refractivity contribution in [1.82, 2.24) is 5.43 Å². The maximum atomic E-state index is 13.4. The zero-order valence-corrected chi connectivity index (χ0v) is 12.3. The maximum Gasteiger partial charge on any atom is 0.292 e. The molecular weight excluding hydrogens is 326 g/mol. The van der Waals surface area contributed by atoms with Gasteiger partial charge < -0.3 is 5.32 Å². The molecule has 0 fully saturated rings. The Balaban J connectivity index is 2.00. The summed E-state index contributed by atoms with van der Waals surface area (Å²) in [6.07, 6.45) is 1.11. The molecule has 2 N–H and O–H groups in total. The van der Waals surface area contributed by atoms with Crippen molar-refractivity contribution in [2.24, 2.45) is 5.10 Å². The molecule has 0 heterocycles. The largest absolute Gasteiger partial charge is 0.326 e. The normalized spacial score (nSPS) is 10.5. The molecule has 0 aromatic heterocycles. The Morgan fingerprint density at radius 2 is 2.00 bits per heavy atom. The van der Waals surface area contributed by atoms with Crippen LogP contribution in [-0.2, 0) is 0 Å². The van der Waals surface area contributed by atoms with Crippen molar-refractivity contribution in [3.05, 3.63) is 69.8 Å². The number of hydrogen-bond acceptors (Lipinski definition) is 4. The minimum atomic E-state index is -0.770. The molecule has 2 aromatic rings. The fourth-order valence-corrected chi connectivity index (χ4v) is 1.82. The first-order valence-electron chi connectivity index (χ1n) is 6.26. The number of anilines is 1. The monoisotopic (exact) mass is 336 g/mol. The predicted molar refractivity (Wildman–Crippen MR) is 86.4 cm³/mol. The molecule has 0 aliphatic rings. The number of halogens is 2. The van der Waals surface area contributed by atoms with Crippen molar-refractivity contribution in [1.29, 1.82) is 0 Å². The van der Waals surface area contributed by atoms with E-state index < -0.39 is 16.6 Å². The van der Waals surface area contributed by atoms with Gasteiger partial charge in [-0.1, -0.05) is 12.1 Å². The summed E-state index contributed by atoms with van der Waals surface area (Å²) in [6.45, 7) is 0. The summed E-state index contributed by atoms with van der Waals surface area (Å²) >= 11 is 4.94. The molecular formula is C14H10F2N4O2S. The highest BCUT2D eigenvalue weighted by Crippen LogP contribution is 2.22. The van der Waals surface area contributed by atoms with E-state index >= 15 is 0 Å². The van der Waals surface area contributed by atoms with Crippen LogP contribution in [0.1, 0.15) is 5.56 Å². The van der Waals surface area contributed by atoms with Crippen LogP contribution in [0.25, 0.3) is 0 Å². The summed E-state index contributed by atoms with van der Waals surface area (Å²) in [6, 6.07) is 8.97. The third-order valence-corrected chi connectivity index (χ3v) is 2.87. The summed E-state index contributed by atoms with van der Waals surface area (Å²) in [5.41, 5.74) is 2.50. The molecule has 0 aliphatic carbocycles. The first kappa shape index (κ1) is 16.4. The van der Waals surface area contributed by atoms with Crippen molar-refractivity contribution >= 4 is 34.9 Å². The van der Waals surface area contributed by atoms with Crippen molar-refractivity contribution in [3.63, 3.8) is 0 Å². The Morgan fingerprint density at radius 3 is 2.70 bits per heavy atom. The molecule has 0 saturated carbocycles. The molecule has 23 heavy (non-hydrogen) atoms. The molecule has 0 radical (unpaired) electrons. The maximum absolute atomic E-state index is 13.4. The van der Waals surface area contributed by atoms with Crippen LogP contribution >= 0.6 is 12.2 Å². The second kappa shape index (κ2) is 7.36. The standard InChI is InChI=1S/C14H10F2N4O2S/c15-10-6-5-9(11(16)7-10)8-17-19-14(23)18-12-3-1-2-4-13(12)20(21)22/h1-8H,(H2,18,19,23)/b17-8-. The first-order chi connectivity index (χ1) is 11.0. The Kier molecular flexibility index (Phi) is 5.26. The quantitative estimate of drug-likeness (QED) is 0.388. The van der Waals surface area contributed by atoms with E-state index in [1.54, 1.807) is 6.07 Å². The Labute approximate surface area is 135 Å². The molecule has 0 saturated heterocycles. The smallest absolute Gasteiger partial charge is 0.292 e. The number of hydrogen-bond donors (Lipinski definition) is 2. The first-order valence-corrected chi connectivity index (χ1v) is 6.66. The average molecular weight is 336 g/mol. The van der Waals surface area contributed by atoms with Crippen molar-refractivity contribution in [2.75, 3.05) is 5.32 Å². The second-order valence-electron chi connectivity index (χ2n) is 4.26. The summed E-state index contributed by atoms with van der Waals surface area (Å²) in [5, 5.41) is 17.2. The van der Waals surface area contributed by atoms with Crippen LogP contribution in [0, 0.1) is 21.7 Å².